The van der Waals surface area contributed by atoms with Gasteiger partial charge in [0.1, 0.15) is 6.54 Å². The third-order valence-electron chi connectivity index (χ3n) is 2.67. The molecule has 0 aliphatic carbocycles. The Balaban J connectivity index is 0.00000123. The van der Waals surface area contributed by atoms with Crippen LogP contribution >= 0.6 is 0 Å². The van der Waals surface area contributed by atoms with Gasteiger partial charge in [-0.25, -0.2) is 4.79 Å². The third kappa shape index (κ3) is 7.64. The summed E-state index contributed by atoms with van der Waals surface area (Å²) < 4.78 is 6.52. The first-order valence-corrected chi connectivity index (χ1v) is 8.44. The lowest BCUT2D eigenvalue weighted by molar-refractivity contribution is 0.0526. The molecule has 4 heteroatoms. The van der Waals surface area contributed by atoms with Crippen molar-refractivity contribution in [2.24, 2.45) is 0 Å². The molecule has 1 aromatic heterocycles. The van der Waals surface area contributed by atoms with Crippen molar-refractivity contribution in [1.29, 1.82) is 0 Å². The number of rotatable bonds is 3. The fourth-order valence-electron chi connectivity index (χ4n) is 1.63. The van der Waals surface area contributed by atoms with Gasteiger partial charge in [-0.15, -0.1) is 0 Å². The molecule has 0 unspecified atom stereocenters. The molecular formula is C20H28N2O2. The summed E-state index contributed by atoms with van der Waals surface area (Å²) in [4.78, 5) is 11.5. The number of hydrogen-bond acceptors (Lipinski definition) is 3. The molecule has 0 saturated heterocycles. The zero-order valence-corrected chi connectivity index (χ0v) is 15.6. The number of aromatic nitrogens is 2. The number of hydrogen-bond donors (Lipinski definition) is 0. The molecule has 0 atom stereocenters. The summed E-state index contributed by atoms with van der Waals surface area (Å²) in [6.07, 6.45) is 3.13. The maximum atomic E-state index is 11.5. The molecular weight excluding hydrogens is 300 g/mol. The van der Waals surface area contributed by atoms with Crippen molar-refractivity contribution in [2.75, 3.05) is 6.61 Å². The standard InChI is InChI=1S/C16H16N2O2.2C2H6/c1-3-20-16(19)15-11-17-18(12-15)10-4-5-14-8-6-13(2)7-9-14;2*1-2/h6-9,11-12H,3,10H2,1-2H3;2*1-2H3. The zero-order chi connectivity index (χ0) is 18.4. The van der Waals surface area contributed by atoms with E-state index in [1.165, 1.54) is 11.8 Å². The number of nitrogens with zero attached hydrogens (tertiary/aromatic N) is 2. The molecule has 130 valence electrons. The van der Waals surface area contributed by atoms with E-state index in [2.05, 4.69) is 16.9 Å². The number of carbonyl (C=O) groups excluding carboxylic acids is 1. The van der Waals surface area contributed by atoms with Crippen molar-refractivity contribution in [2.45, 2.75) is 48.1 Å². The van der Waals surface area contributed by atoms with E-state index in [0.29, 0.717) is 18.7 Å². The van der Waals surface area contributed by atoms with E-state index in [0.717, 1.165) is 5.56 Å². The van der Waals surface area contributed by atoms with Crippen molar-refractivity contribution in [3.8, 4) is 11.8 Å². The maximum absolute atomic E-state index is 11.5. The molecule has 4 nitrogen and oxygen atoms in total. The Hall–Kier alpha value is -2.54. The van der Waals surface area contributed by atoms with E-state index >= 15 is 0 Å². The van der Waals surface area contributed by atoms with E-state index in [-0.39, 0.29) is 5.97 Å². The van der Waals surface area contributed by atoms with Crippen LogP contribution in [0.3, 0.4) is 0 Å². The largest absolute Gasteiger partial charge is 0.462 e. The Bertz CT molecular complexity index is 646. The molecule has 24 heavy (non-hydrogen) atoms. The smallest absolute Gasteiger partial charge is 0.341 e. The van der Waals surface area contributed by atoms with Crippen LogP contribution < -0.4 is 0 Å². The van der Waals surface area contributed by atoms with E-state index in [4.69, 9.17) is 4.74 Å². The van der Waals surface area contributed by atoms with Crippen LogP contribution in [0.5, 0.6) is 0 Å². The molecule has 0 bridgehead atoms. The van der Waals surface area contributed by atoms with E-state index in [1.807, 2.05) is 58.9 Å². The molecule has 0 aliphatic heterocycles. The highest BCUT2D eigenvalue weighted by Gasteiger charge is 2.08. The van der Waals surface area contributed by atoms with Crippen LogP contribution in [-0.4, -0.2) is 22.4 Å². The van der Waals surface area contributed by atoms with Gasteiger partial charge >= 0.3 is 5.97 Å². The lowest BCUT2D eigenvalue weighted by atomic mass is 10.2. The molecule has 0 radical (unpaired) electrons. The molecule has 0 N–H and O–H groups in total. The Morgan fingerprint density at radius 3 is 2.38 bits per heavy atom. The minimum absolute atomic E-state index is 0.356. The minimum atomic E-state index is -0.356. The summed E-state index contributed by atoms with van der Waals surface area (Å²) in [5, 5.41) is 4.08. The van der Waals surface area contributed by atoms with Gasteiger partial charge in [0.05, 0.1) is 18.4 Å². The van der Waals surface area contributed by atoms with Crippen LogP contribution in [0.15, 0.2) is 36.7 Å². The van der Waals surface area contributed by atoms with Crippen LogP contribution in [0, 0.1) is 18.8 Å². The van der Waals surface area contributed by atoms with Crippen molar-refractivity contribution in [3.63, 3.8) is 0 Å². The fraction of sp³-hybridized carbons (Fsp3) is 0.400. The molecule has 1 heterocycles. The molecule has 0 saturated carbocycles. The molecule has 0 fully saturated rings. The van der Waals surface area contributed by atoms with Gasteiger partial charge in [-0.1, -0.05) is 57.2 Å². The quantitative estimate of drug-likeness (QED) is 0.616. The average Bonchev–Trinajstić information content (AvgIpc) is 3.09. The lowest BCUT2D eigenvalue weighted by Crippen LogP contribution is -2.03. The molecule has 2 rings (SSSR count). The Morgan fingerprint density at radius 1 is 1.17 bits per heavy atom. The number of aryl methyl sites for hydroxylation is 1. The summed E-state index contributed by atoms with van der Waals surface area (Å²) in [7, 11) is 0. The fourth-order valence-corrected chi connectivity index (χ4v) is 1.63. The van der Waals surface area contributed by atoms with Crippen LogP contribution in [0.25, 0.3) is 0 Å². The van der Waals surface area contributed by atoms with Crippen molar-refractivity contribution >= 4 is 5.97 Å². The van der Waals surface area contributed by atoms with Gasteiger partial charge in [-0.2, -0.15) is 5.10 Å². The Kier molecular flexibility index (Phi) is 11.6. The third-order valence-corrected chi connectivity index (χ3v) is 2.67. The molecule has 0 aliphatic rings. The van der Waals surface area contributed by atoms with Crippen LogP contribution in [0.4, 0.5) is 0 Å². The SMILES string of the molecule is CC.CC.CCOC(=O)c1cnn(CC#Cc2ccc(C)cc2)c1. The normalized spacial score (nSPS) is 8.58. The van der Waals surface area contributed by atoms with Gasteiger partial charge in [0.2, 0.25) is 0 Å². The molecule has 2 aromatic rings. The van der Waals surface area contributed by atoms with Crippen LogP contribution in [0.1, 0.15) is 56.1 Å². The lowest BCUT2D eigenvalue weighted by Gasteiger charge is -1.96. The number of carbonyl (C=O) groups is 1. The average molecular weight is 328 g/mol. The monoisotopic (exact) mass is 328 g/mol. The van der Waals surface area contributed by atoms with E-state index in [1.54, 1.807) is 17.8 Å². The molecule has 0 amide bonds. The Morgan fingerprint density at radius 2 is 1.79 bits per heavy atom. The van der Waals surface area contributed by atoms with Crippen LogP contribution in [-0.2, 0) is 11.3 Å². The highest BCUT2D eigenvalue weighted by atomic mass is 16.5. The summed E-state index contributed by atoms with van der Waals surface area (Å²) in [6, 6.07) is 8.01. The second-order valence-electron chi connectivity index (χ2n) is 4.31. The number of benzene rings is 1. The minimum Gasteiger partial charge on any atom is -0.462 e. The van der Waals surface area contributed by atoms with Gasteiger partial charge in [0, 0.05) is 11.8 Å². The van der Waals surface area contributed by atoms with Gasteiger partial charge in [0.25, 0.3) is 0 Å². The summed E-state index contributed by atoms with van der Waals surface area (Å²) in [5.74, 6) is 5.72. The summed E-state index contributed by atoms with van der Waals surface area (Å²) in [5.41, 5.74) is 2.62. The van der Waals surface area contributed by atoms with Gasteiger partial charge < -0.3 is 4.74 Å². The van der Waals surface area contributed by atoms with E-state index < -0.39 is 0 Å². The summed E-state index contributed by atoms with van der Waals surface area (Å²) in [6.45, 7) is 12.6. The topological polar surface area (TPSA) is 44.1 Å². The predicted molar refractivity (Wildman–Crippen MR) is 98.9 cm³/mol. The van der Waals surface area contributed by atoms with Gasteiger partial charge in [0.15, 0.2) is 0 Å². The van der Waals surface area contributed by atoms with Crippen molar-refractivity contribution in [3.05, 3.63) is 53.3 Å². The second-order valence-corrected chi connectivity index (χ2v) is 4.31. The van der Waals surface area contributed by atoms with Gasteiger partial charge in [-0.05, 0) is 26.0 Å². The number of ether oxygens (including phenoxy) is 1. The first-order valence-electron chi connectivity index (χ1n) is 8.44. The first kappa shape index (κ1) is 21.5. The molecule has 1 aromatic carbocycles. The predicted octanol–water partition coefficient (Wildman–Crippen LogP) is 4.47. The second kappa shape index (κ2) is 13.0. The van der Waals surface area contributed by atoms with Gasteiger partial charge in [-0.3, -0.25) is 4.68 Å². The number of esters is 1. The van der Waals surface area contributed by atoms with Crippen molar-refractivity contribution in [1.82, 2.24) is 9.78 Å². The van der Waals surface area contributed by atoms with E-state index in [9.17, 15) is 4.79 Å². The van der Waals surface area contributed by atoms with Crippen LogP contribution in [0.2, 0.25) is 0 Å². The summed E-state index contributed by atoms with van der Waals surface area (Å²) >= 11 is 0. The van der Waals surface area contributed by atoms with Crippen molar-refractivity contribution < 1.29 is 9.53 Å². The Labute approximate surface area is 145 Å². The molecule has 0 spiro atoms. The highest BCUT2D eigenvalue weighted by Crippen LogP contribution is 2.02. The maximum Gasteiger partial charge on any atom is 0.341 e. The highest BCUT2D eigenvalue weighted by molar-refractivity contribution is 5.88. The first-order chi connectivity index (χ1) is 11.7. The zero-order valence-electron chi connectivity index (χ0n) is 15.6.